The summed E-state index contributed by atoms with van der Waals surface area (Å²) in [5.74, 6) is -0.435. The summed E-state index contributed by atoms with van der Waals surface area (Å²) in [6.07, 6.45) is 0.500. The molecule has 0 unspecified atom stereocenters. The van der Waals surface area contributed by atoms with Gasteiger partial charge in [0.1, 0.15) is 0 Å². The number of primary amides is 1. The van der Waals surface area contributed by atoms with Crippen LogP contribution in [-0.2, 0) is 9.59 Å². The Kier molecular flexibility index (Phi) is 7.72. The van der Waals surface area contributed by atoms with Crippen molar-refractivity contribution in [2.45, 2.75) is 6.92 Å². The number of isocyanates is 1. The van der Waals surface area contributed by atoms with Crippen LogP contribution in [0.2, 0.25) is 0 Å². The van der Waals surface area contributed by atoms with Gasteiger partial charge in [-0.2, -0.15) is 0 Å². The van der Waals surface area contributed by atoms with Gasteiger partial charge in [-0.25, -0.2) is 0 Å². The van der Waals surface area contributed by atoms with E-state index in [9.17, 15) is 4.79 Å². The third-order valence-corrected chi connectivity index (χ3v) is 0.421. The second-order valence-corrected chi connectivity index (χ2v) is 1.24. The molecule has 0 heterocycles. The highest BCUT2D eigenvalue weighted by Crippen LogP contribution is 1.78. The van der Waals surface area contributed by atoms with Crippen molar-refractivity contribution in [2.24, 2.45) is 5.73 Å². The zero-order chi connectivity index (χ0) is 7.86. The van der Waals surface area contributed by atoms with E-state index >= 15 is 0 Å². The predicted octanol–water partition coefficient (Wildman–Crippen LogP) is -0.0606. The average Bonchev–Trinajstić information content (AvgIpc) is 1.68. The van der Waals surface area contributed by atoms with E-state index in [1.165, 1.54) is 0 Å². The third-order valence-electron chi connectivity index (χ3n) is 0.421. The van der Waals surface area contributed by atoms with E-state index < -0.39 is 5.91 Å². The predicted molar refractivity (Wildman–Crippen MR) is 33.1 cm³/mol. The smallest absolute Gasteiger partial charge is 0.243 e. The molecule has 1 amide bonds. The Morgan fingerprint density at radius 3 is 1.89 bits per heavy atom. The fourth-order valence-electron chi connectivity index (χ4n) is 0. The number of hydrogen-bond donors (Lipinski definition) is 1. The monoisotopic (exact) mass is 127 g/mol. The maximum atomic E-state index is 9.82. The van der Waals surface area contributed by atoms with E-state index in [0.29, 0.717) is 11.7 Å². The molecule has 4 heteroatoms. The molecule has 0 aromatic carbocycles. The number of carbonyl (C=O) groups is 1. The van der Waals surface area contributed by atoms with Crippen molar-refractivity contribution in [1.29, 1.82) is 0 Å². The van der Waals surface area contributed by atoms with Crippen LogP contribution in [0, 0.1) is 0 Å². The molecule has 0 saturated carbocycles. The largest absolute Gasteiger partial charge is 0.724 e. The van der Waals surface area contributed by atoms with Crippen molar-refractivity contribution in [3.05, 3.63) is 17.6 Å². The van der Waals surface area contributed by atoms with Crippen molar-refractivity contribution in [3.63, 3.8) is 0 Å². The molecule has 0 aromatic heterocycles. The summed E-state index contributed by atoms with van der Waals surface area (Å²) >= 11 is 0. The molecule has 0 saturated heterocycles. The lowest BCUT2D eigenvalue weighted by Crippen LogP contribution is -2.10. The molecule has 9 heavy (non-hydrogen) atoms. The summed E-state index contributed by atoms with van der Waals surface area (Å²) in [5.41, 5.74) is 5.09. The van der Waals surface area contributed by atoms with Gasteiger partial charge in [-0.05, 0) is 13.0 Å². The number of hydrogen-bond acceptors (Lipinski definition) is 2. The second kappa shape index (κ2) is 6.59. The summed E-state index contributed by atoms with van der Waals surface area (Å²) in [5, 5.41) is 6.76. The van der Waals surface area contributed by atoms with Crippen LogP contribution in [-0.4, -0.2) is 12.0 Å². The summed E-state index contributed by atoms with van der Waals surface area (Å²) in [4.78, 5) is 18.1. The molecular formula is C5H7N2O2-. The Morgan fingerprint density at radius 2 is 1.89 bits per heavy atom. The van der Waals surface area contributed by atoms with Crippen molar-refractivity contribution < 1.29 is 9.59 Å². The molecule has 4 nitrogen and oxygen atoms in total. The molecule has 0 atom stereocenters. The summed E-state index contributed by atoms with van der Waals surface area (Å²) < 4.78 is 0. The van der Waals surface area contributed by atoms with Crippen LogP contribution in [0.1, 0.15) is 6.92 Å². The minimum absolute atomic E-state index is 0.398. The van der Waals surface area contributed by atoms with Gasteiger partial charge in [0.2, 0.25) is 5.91 Å². The first-order chi connectivity index (χ1) is 4.06. The Balaban J connectivity index is 0. The second-order valence-electron chi connectivity index (χ2n) is 1.24. The number of carbonyl (C=O) groups excluding carboxylic acids is 2. The SMILES string of the molecule is C=C(C)C(N)=O.[N-]=C=O. The van der Waals surface area contributed by atoms with Gasteiger partial charge >= 0.3 is 0 Å². The average molecular weight is 127 g/mol. The molecule has 0 aliphatic carbocycles. The highest BCUT2D eigenvalue weighted by Gasteiger charge is 1.86. The van der Waals surface area contributed by atoms with Gasteiger partial charge in [0.05, 0.1) is 0 Å². The molecule has 50 valence electrons. The first kappa shape index (κ1) is 10.5. The minimum Gasteiger partial charge on any atom is -0.724 e. The molecule has 0 aliphatic rings. The van der Waals surface area contributed by atoms with Crippen molar-refractivity contribution in [1.82, 2.24) is 0 Å². The number of nitrogens with two attached hydrogens (primary N) is 1. The molecule has 0 spiro atoms. The Hall–Kier alpha value is -1.41. The van der Waals surface area contributed by atoms with E-state index in [1.54, 1.807) is 6.92 Å². The minimum atomic E-state index is -0.435. The Bertz CT molecular complexity index is 133. The van der Waals surface area contributed by atoms with E-state index in [0.717, 1.165) is 0 Å². The van der Waals surface area contributed by atoms with E-state index in [1.807, 2.05) is 0 Å². The molecule has 0 rings (SSSR count). The fraction of sp³-hybridized carbons (Fsp3) is 0.200. The van der Waals surface area contributed by atoms with Gasteiger partial charge in [0.15, 0.2) is 0 Å². The normalized spacial score (nSPS) is 5.89. The van der Waals surface area contributed by atoms with Gasteiger partial charge in [0.25, 0.3) is 0 Å². The van der Waals surface area contributed by atoms with E-state index in [-0.39, 0.29) is 0 Å². The Labute approximate surface area is 52.9 Å². The first-order valence-electron chi connectivity index (χ1n) is 2.02. The maximum absolute atomic E-state index is 9.82. The third kappa shape index (κ3) is 20.7. The molecular weight excluding hydrogens is 120 g/mol. The van der Waals surface area contributed by atoms with Gasteiger partial charge in [-0.3, -0.25) is 9.59 Å². The molecule has 0 aromatic rings. The van der Waals surface area contributed by atoms with Crippen LogP contribution < -0.4 is 5.73 Å². The fourth-order valence-corrected chi connectivity index (χ4v) is 0. The van der Waals surface area contributed by atoms with Crippen LogP contribution in [0.15, 0.2) is 12.2 Å². The van der Waals surface area contributed by atoms with E-state index in [4.69, 9.17) is 15.9 Å². The van der Waals surface area contributed by atoms with Gasteiger partial charge in [-0.15, -0.1) is 0 Å². The van der Waals surface area contributed by atoms with Crippen molar-refractivity contribution >= 4 is 12.0 Å². The van der Waals surface area contributed by atoms with Crippen molar-refractivity contribution in [2.75, 3.05) is 0 Å². The standard InChI is InChI=1S/C4H7NO.CNO/c1-3(2)4(5)6;2-1-3/h1H2,2H3,(H2,5,6);/q;-1. The van der Waals surface area contributed by atoms with Crippen LogP contribution in [0.4, 0.5) is 0 Å². The topological polar surface area (TPSA) is 82.5 Å². The lowest BCUT2D eigenvalue weighted by molar-refractivity contribution is -0.114. The molecule has 0 bridgehead atoms. The maximum Gasteiger partial charge on any atom is 0.243 e. The number of amides is 1. The molecule has 0 aliphatic heterocycles. The number of nitrogens with zero attached hydrogens (tertiary/aromatic N) is 1. The van der Waals surface area contributed by atoms with Crippen LogP contribution >= 0.6 is 0 Å². The zero-order valence-electron chi connectivity index (χ0n) is 5.05. The van der Waals surface area contributed by atoms with Gasteiger partial charge < -0.3 is 11.1 Å². The van der Waals surface area contributed by atoms with E-state index in [2.05, 4.69) is 6.58 Å². The number of rotatable bonds is 1. The zero-order valence-corrected chi connectivity index (χ0v) is 5.05. The van der Waals surface area contributed by atoms with Gasteiger partial charge in [0, 0.05) is 5.57 Å². The summed E-state index contributed by atoms with van der Waals surface area (Å²) in [6, 6.07) is 0. The Morgan fingerprint density at radius 1 is 1.78 bits per heavy atom. The summed E-state index contributed by atoms with van der Waals surface area (Å²) in [6.45, 7) is 4.85. The lowest BCUT2D eigenvalue weighted by Gasteiger charge is -1.81. The molecule has 0 fully saturated rings. The van der Waals surface area contributed by atoms with Crippen LogP contribution in [0.25, 0.3) is 5.41 Å². The lowest BCUT2D eigenvalue weighted by atomic mass is 10.3. The highest BCUT2D eigenvalue weighted by molar-refractivity contribution is 5.90. The van der Waals surface area contributed by atoms with Crippen molar-refractivity contribution in [3.8, 4) is 0 Å². The molecule has 2 N–H and O–H groups in total. The van der Waals surface area contributed by atoms with Crippen LogP contribution in [0.5, 0.6) is 0 Å². The quantitative estimate of drug-likeness (QED) is 0.304. The first-order valence-corrected chi connectivity index (χ1v) is 2.02. The van der Waals surface area contributed by atoms with Crippen LogP contribution in [0.3, 0.4) is 0 Å². The van der Waals surface area contributed by atoms with Gasteiger partial charge in [-0.1, -0.05) is 6.58 Å². The highest BCUT2D eigenvalue weighted by atomic mass is 16.1. The summed E-state index contributed by atoms with van der Waals surface area (Å²) in [7, 11) is 0. The molecule has 0 radical (unpaired) electrons.